The van der Waals surface area contributed by atoms with Gasteiger partial charge in [-0.1, -0.05) is 55.7 Å². The third kappa shape index (κ3) is 6.01. The summed E-state index contributed by atoms with van der Waals surface area (Å²) in [6, 6.07) is 17.9. The molecule has 28 heavy (non-hydrogen) atoms. The summed E-state index contributed by atoms with van der Waals surface area (Å²) in [7, 11) is 0. The highest BCUT2D eigenvalue weighted by Crippen LogP contribution is 2.35. The molecular formula is C22H26N2O4. The normalized spacial score (nSPS) is 15.3. The van der Waals surface area contributed by atoms with Gasteiger partial charge >= 0.3 is 12.2 Å². The van der Waals surface area contributed by atoms with Crippen LogP contribution < -0.4 is 20.1 Å². The molecule has 3 rings (SSSR count). The first-order valence-electron chi connectivity index (χ1n) is 9.67. The molecule has 1 saturated carbocycles. The second-order valence-corrected chi connectivity index (χ2v) is 7.17. The number of hydrogen-bond acceptors (Lipinski definition) is 4. The number of ether oxygens (including phenoxy) is 2. The molecule has 2 amide bonds. The first kappa shape index (κ1) is 19.7. The number of hydrogen-bond donors (Lipinski definition) is 2. The molecule has 6 heteroatoms. The monoisotopic (exact) mass is 382 g/mol. The molecule has 1 aliphatic rings. The molecule has 0 aromatic heterocycles. The number of nitrogens with one attached hydrogen (secondary N) is 2. The minimum Gasteiger partial charge on any atom is -0.410 e. The van der Waals surface area contributed by atoms with Crippen LogP contribution in [-0.2, 0) is 0 Å². The summed E-state index contributed by atoms with van der Waals surface area (Å²) in [4.78, 5) is 24.3. The number of carbonyl (C=O) groups excluding carboxylic acids is 2. The van der Waals surface area contributed by atoms with Crippen molar-refractivity contribution in [2.24, 2.45) is 5.41 Å². The summed E-state index contributed by atoms with van der Waals surface area (Å²) in [5, 5.41) is 5.72. The highest BCUT2D eigenvalue weighted by atomic mass is 16.6. The fourth-order valence-corrected chi connectivity index (χ4v) is 3.50. The molecule has 2 N–H and O–H groups in total. The molecule has 0 radical (unpaired) electrons. The van der Waals surface area contributed by atoms with Crippen molar-refractivity contribution in [2.75, 3.05) is 13.1 Å². The number of rotatable bonds is 6. The van der Waals surface area contributed by atoms with Crippen LogP contribution in [0.4, 0.5) is 9.59 Å². The van der Waals surface area contributed by atoms with Crippen molar-refractivity contribution < 1.29 is 19.1 Å². The molecule has 0 atom stereocenters. The minimum absolute atomic E-state index is 0.191. The van der Waals surface area contributed by atoms with Gasteiger partial charge in [0.2, 0.25) is 0 Å². The lowest BCUT2D eigenvalue weighted by molar-refractivity contribution is 0.153. The molecule has 0 saturated heterocycles. The molecule has 0 unspecified atom stereocenters. The number of benzene rings is 2. The third-order valence-electron chi connectivity index (χ3n) is 5.04. The first-order chi connectivity index (χ1) is 13.7. The van der Waals surface area contributed by atoms with Gasteiger partial charge in [0.25, 0.3) is 0 Å². The van der Waals surface area contributed by atoms with Crippen LogP contribution in [0.2, 0.25) is 0 Å². The molecule has 0 heterocycles. The summed E-state index contributed by atoms with van der Waals surface area (Å²) in [5.74, 6) is 1.00. The lowest BCUT2D eigenvalue weighted by atomic mass is 9.74. The Morgan fingerprint density at radius 3 is 1.57 bits per heavy atom. The van der Waals surface area contributed by atoms with E-state index in [9.17, 15) is 9.59 Å². The van der Waals surface area contributed by atoms with Gasteiger partial charge in [-0.3, -0.25) is 0 Å². The quantitative estimate of drug-likeness (QED) is 0.770. The van der Waals surface area contributed by atoms with Gasteiger partial charge in [0.05, 0.1) is 0 Å². The van der Waals surface area contributed by atoms with E-state index in [0.717, 1.165) is 25.7 Å². The van der Waals surface area contributed by atoms with Gasteiger partial charge in [-0.2, -0.15) is 0 Å². The van der Waals surface area contributed by atoms with Crippen LogP contribution in [0, 0.1) is 5.41 Å². The van der Waals surface area contributed by atoms with E-state index in [1.807, 2.05) is 36.4 Å². The van der Waals surface area contributed by atoms with Gasteiger partial charge in [-0.25, -0.2) is 9.59 Å². The topological polar surface area (TPSA) is 76.7 Å². The molecule has 1 aliphatic carbocycles. The zero-order valence-corrected chi connectivity index (χ0v) is 15.9. The van der Waals surface area contributed by atoms with E-state index in [4.69, 9.17) is 9.47 Å². The number of para-hydroxylation sites is 2. The van der Waals surface area contributed by atoms with Crippen LogP contribution in [0.15, 0.2) is 60.7 Å². The Labute approximate surface area is 165 Å². The lowest BCUT2D eigenvalue weighted by Crippen LogP contribution is -2.47. The first-order valence-corrected chi connectivity index (χ1v) is 9.67. The maximum absolute atomic E-state index is 12.1. The zero-order chi connectivity index (χ0) is 19.7. The van der Waals surface area contributed by atoms with Crippen molar-refractivity contribution in [2.45, 2.75) is 32.1 Å². The van der Waals surface area contributed by atoms with Crippen LogP contribution in [0.3, 0.4) is 0 Å². The number of carbonyl (C=O) groups is 2. The molecule has 1 fully saturated rings. The van der Waals surface area contributed by atoms with Crippen LogP contribution in [0.1, 0.15) is 32.1 Å². The van der Waals surface area contributed by atoms with Gasteiger partial charge in [0.1, 0.15) is 11.5 Å². The lowest BCUT2D eigenvalue weighted by Gasteiger charge is -2.37. The largest absolute Gasteiger partial charge is 0.412 e. The van der Waals surface area contributed by atoms with E-state index in [1.165, 1.54) is 6.42 Å². The second-order valence-electron chi connectivity index (χ2n) is 7.17. The summed E-state index contributed by atoms with van der Waals surface area (Å²) >= 11 is 0. The van der Waals surface area contributed by atoms with Crippen LogP contribution >= 0.6 is 0 Å². The fourth-order valence-electron chi connectivity index (χ4n) is 3.50. The van der Waals surface area contributed by atoms with Crippen molar-refractivity contribution in [3.05, 3.63) is 60.7 Å². The average molecular weight is 382 g/mol. The van der Waals surface area contributed by atoms with Crippen LogP contribution in [0.25, 0.3) is 0 Å². The molecule has 148 valence electrons. The SMILES string of the molecule is O=C(NCC1(CNC(=O)Oc2ccccc2)CCCCC1)Oc1ccccc1. The van der Waals surface area contributed by atoms with Crippen LogP contribution in [-0.4, -0.2) is 25.3 Å². The van der Waals surface area contributed by atoms with Crippen molar-refractivity contribution in [1.29, 1.82) is 0 Å². The molecule has 0 aliphatic heterocycles. The summed E-state index contributed by atoms with van der Waals surface area (Å²) in [6.07, 6.45) is 4.22. The molecule has 6 nitrogen and oxygen atoms in total. The Morgan fingerprint density at radius 2 is 1.14 bits per heavy atom. The average Bonchev–Trinajstić information content (AvgIpc) is 2.73. The Balaban J connectivity index is 1.51. The maximum Gasteiger partial charge on any atom is 0.412 e. The molecule has 0 bridgehead atoms. The van der Waals surface area contributed by atoms with E-state index in [1.54, 1.807) is 24.3 Å². The molecule has 2 aromatic rings. The minimum atomic E-state index is -0.483. The highest BCUT2D eigenvalue weighted by molar-refractivity contribution is 5.71. The van der Waals surface area contributed by atoms with E-state index in [2.05, 4.69) is 10.6 Å². The molecule has 0 spiro atoms. The predicted molar refractivity (Wildman–Crippen MR) is 106 cm³/mol. The predicted octanol–water partition coefficient (Wildman–Crippen LogP) is 4.51. The Bertz CT molecular complexity index is 699. The molecule has 2 aromatic carbocycles. The smallest absolute Gasteiger partial charge is 0.410 e. The molecular weight excluding hydrogens is 356 g/mol. The van der Waals surface area contributed by atoms with E-state index in [-0.39, 0.29) is 5.41 Å². The van der Waals surface area contributed by atoms with Gasteiger partial charge in [-0.15, -0.1) is 0 Å². The van der Waals surface area contributed by atoms with Crippen molar-refractivity contribution >= 4 is 12.2 Å². The van der Waals surface area contributed by atoms with Crippen molar-refractivity contribution in [3.63, 3.8) is 0 Å². The van der Waals surface area contributed by atoms with Crippen LogP contribution in [0.5, 0.6) is 11.5 Å². The summed E-state index contributed by atoms with van der Waals surface area (Å²) < 4.78 is 10.6. The zero-order valence-electron chi connectivity index (χ0n) is 15.9. The van der Waals surface area contributed by atoms with E-state index >= 15 is 0 Å². The third-order valence-corrected chi connectivity index (χ3v) is 5.04. The Morgan fingerprint density at radius 1 is 0.714 bits per heavy atom. The standard InChI is InChI=1S/C22H26N2O4/c25-20(27-18-10-4-1-5-11-18)23-16-22(14-8-3-9-15-22)17-24-21(26)28-19-12-6-2-7-13-19/h1-2,4-7,10-13H,3,8-9,14-17H2,(H,23,25)(H,24,26). The maximum atomic E-state index is 12.1. The van der Waals surface area contributed by atoms with Gasteiger partial charge in [-0.05, 0) is 37.1 Å². The second kappa shape index (κ2) is 9.78. The van der Waals surface area contributed by atoms with Crippen molar-refractivity contribution in [1.82, 2.24) is 10.6 Å². The Kier molecular flexibility index (Phi) is 6.89. The summed E-state index contributed by atoms with van der Waals surface area (Å²) in [6.45, 7) is 0.897. The fraction of sp³-hybridized carbons (Fsp3) is 0.364. The summed E-state index contributed by atoms with van der Waals surface area (Å²) in [5.41, 5.74) is -0.191. The van der Waals surface area contributed by atoms with Gasteiger partial charge in [0.15, 0.2) is 0 Å². The highest BCUT2D eigenvalue weighted by Gasteiger charge is 2.33. The van der Waals surface area contributed by atoms with E-state index in [0.29, 0.717) is 24.6 Å². The Hall–Kier alpha value is -3.02. The van der Waals surface area contributed by atoms with Crippen molar-refractivity contribution in [3.8, 4) is 11.5 Å². The van der Waals surface area contributed by atoms with E-state index < -0.39 is 12.2 Å². The number of amides is 2. The van der Waals surface area contributed by atoms with Gasteiger partial charge in [0, 0.05) is 18.5 Å². The van der Waals surface area contributed by atoms with Gasteiger partial charge < -0.3 is 20.1 Å².